The second-order valence-electron chi connectivity index (χ2n) is 7.35. The van der Waals surface area contributed by atoms with Crippen LogP contribution < -0.4 is 10.2 Å². The molecule has 1 fully saturated rings. The molecule has 5 nitrogen and oxygen atoms in total. The van der Waals surface area contributed by atoms with Gasteiger partial charge in [0.25, 0.3) is 0 Å². The second-order valence-corrected chi connectivity index (χ2v) is 9.11. The number of hydrogen-bond acceptors (Lipinski definition) is 5. The highest BCUT2D eigenvalue weighted by Crippen LogP contribution is 2.32. The Morgan fingerprint density at radius 3 is 2.54 bits per heavy atom. The minimum absolute atomic E-state index is 0.106. The minimum atomic E-state index is -0.534. The number of carbonyl (C=O) groups is 1. The number of amides is 1. The Morgan fingerprint density at radius 2 is 1.92 bits per heavy atom. The van der Waals surface area contributed by atoms with E-state index >= 15 is 0 Å². The maximum atomic E-state index is 12.9. The van der Waals surface area contributed by atoms with E-state index in [2.05, 4.69) is 21.2 Å². The molecule has 0 radical (unpaired) electrons. The van der Waals surface area contributed by atoms with Crippen molar-refractivity contribution >= 4 is 38.5 Å². The van der Waals surface area contributed by atoms with E-state index < -0.39 is 5.60 Å². The van der Waals surface area contributed by atoms with Crippen molar-refractivity contribution in [3.8, 4) is 11.3 Å². The third-order valence-corrected chi connectivity index (χ3v) is 5.47. The van der Waals surface area contributed by atoms with Crippen molar-refractivity contribution in [2.75, 3.05) is 18.0 Å². The fourth-order valence-electron chi connectivity index (χ4n) is 2.89. The van der Waals surface area contributed by atoms with Crippen molar-refractivity contribution in [1.29, 1.82) is 0 Å². The van der Waals surface area contributed by atoms with Crippen LogP contribution in [0.1, 0.15) is 33.6 Å². The Labute approximate surface area is 166 Å². The molecule has 1 aromatic heterocycles. The van der Waals surface area contributed by atoms with E-state index in [-0.39, 0.29) is 12.1 Å². The molecule has 140 valence electrons. The van der Waals surface area contributed by atoms with Gasteiger partial charge in [0.1, 0.15) is 5.60 Å². The van der Waals surface area contributed by atoms with E-state index in [4.69, 9.17) is 9.72 Å². The Morgan fingerprint density at radius 1 is 1.27 bits per heavy atom. The maximum Gasteiger partial charge on any atom is 0.416 e. The van der Waals surface area contributed by atoms with Crippen molar-refractivity contribution in [3.63, 3.8) is 0 Å². The van der Waals surface area contributed by atoms with E-state index in [1.54, 1.807) is 4.90 Å². The largest absolute Gasteiger partial charge is 0.443 e. The molecule has 1 aliphatic rings. The van der Waals surface area contributed by atoms with Gasteiger partial charge in [-0.1, -0.05) is 28.1 Å². The molecule has 2 aromatic rings. The van der Waals surface area contributed by atoms with Gasteiger partial charge in [-0.2, -0.15) is 0 Å². The molecule has 1 aliphatic heterocycles. The maximum absolute atomic E-state index is 12.9. The molecule has 0 atom stereocenters. The lowest BCUT2D eigenvalue weighted by Crippen LogP contribution is -2.48. The van der Waals surface area contributed by atoms with Crippen LogP contribution in [0.4, 0.5) is 9.93 Å². The first-order valence-corrected chi connectivity index (χ1v) is 10.5. The van der Waals surface area contributed by atoms with Crippen molar-refractivity contribution < 1.29 is 9.53 Å². The number of aromatic nitrogens is 1. The van der Waals surface area contributed by atoms with Gasteiger partial charge in [-0.25, -0.2) is 14.7 Å². The van der Waals surface area contributed by atoms with Crippen LogP contribution in [0.3, 0.4) is 0 Å². The normalized spacial score (nSPS) is 15.7. The lowest BCUT2D eigenvalue weighted by atomic mass is 10.1. The van der Waals surface area contributed by atoms with Crippen molar-refractivity contribution in [2.45, 2.75) is 45.3 Å². The molecule has 26 heavy (non-hydrogen) atoms. The highest BCUT2D eigenvalue weighted by Gasteiger charge is 2.32. The van der Waals surface area contributed by atoms with E-state index in [0.717, 1.165) is 41.7 Å². The Kier molecular flexibility index (Phi) is 5.99. The number of anilines is 1. The lowest BCUT2D eigenvalue weighted by Gasteiger charge is -2.34. The standard InChI is InChI=1S/C19H24BrN3O2S/c1-19(2,3)25-18(24)23(15-8-10-21-11-9-15)17-22-16(12-26-17)13-4-6-14(20)7-5-13/h4-7,12,15,21H,8-11H2,1-3H3. The first-order valence-electron chi connectivity index (χ1n) is 8.78. The molecule has 2 heterocycles. The molecule has 1 saturated heterocycles. The third-order valence-electron chi connectivity index (χ3n) is 4.10. The number of ether oxygens (including phenoxy) is 1. The molecule has 1 N–H and O–H groups in total. The van der Waals surface area contributed by atoms with Crippen molar-refractivity contribution in [2.24, 2.45) is 0 Å². The summed E-state index contributed by atoms with van der Waals surface area (Å²) in [6.45, 7) is 7.46. The predicted octanol–water partition coefficient (Wildman–Crippen LogP) is 5.07. The number of nitrogens with one attached hydrogen (secondary N) is 1. The van der Waals surface area contributed by atoms with Crippen LogP contribution in [0.2, 0.25) is 0 Å². The molecule has 0 bridgehead atoms. The first-order chi connectivity index (χ1) is 12.3. The number of carbonyl (C=O) groups excluding carboxylic acids is 1. The van der Waals surface area contributed by atoms with Crippen molar-refractivity contribution in [1.82, 2.24) is 10.3 Å². The van der Waals surface area contributed by atoms with E-state index in [9.17, 15) is 4.79 Å². The van der Waals surface area contributed by atoms with Gasteiger partial charge in [-0.15, -0.1) is 11.3 Å². The molecule has 1 amide bonds. The number of piperidine rings is 1. The molecule has 0 spiro atoms. The molecule has 0 aliphatic carbocycles. The Hall–Kier alpha value is -1.44. The van der Waals surface area contributed by atoms with Gasteiger partial charge < -0.3 is 10.1 Å². The van der Waals surface area contributed by atoms with E-state index in [1.807, 2.05) is 50.4 Å². The first kappa shape index (κ1) is 19.3. The molecular weight excluding hydrogens is 414 g/mol. The van der Waals surface area contributed by atoms with Crippen LogP contribution in [0.25, 0.3) is 11.3 Å². The van der Waals surface area contributed by atoms with Gasteiger partial charge in [0.15, 0.2) is 5.13 Å². The van der Waals surface area contributed by atoms with Gasteiger partial charge in [0.05, 0.1) is 5.69 Å². The van der Waals surface area contributed by atoms with Gasteiger partial charge in [-0.3, -0.25) is 0 Å². The van der Waals surface area contributed by atoms with E-state index in [0.29, 0.717) is 5.13 Å². The van der Waals surface area contributed by atoms with Crippen LogP contribution in [-0.2, 0) is 4.74 Å². The summed E-state index contributed by atoms with van der Waals surface area (Å²) in [5.74, 6) is 0. The zero-order valence-electron chi connectivity index (χ0n) is 15.3. The van der Waals surface area contributed by atoms with Crippen LogP contribution >= 0.6 is 27.3 Å². The van der Waals surface area contributed by atoms with Crippen molar-refractivity contribution in [3.05, 3.63) is 34.1 Å². The molecule has 0 unspecified atom stereocenters. The summed E-state index contributed by atoms with van der Waals surface area (Å²) >= 11 is 4.94. The second kappa shape index (κ2) is 8.06. The average Bonchev–Trinajstić information content (AvgIpc) is 3.04. The summed E-state index contributed by atoms with van der Waals surface area (Å²) in [5.41, 5.74) is 1.37. The highest BCUT2D eigenvalue weighted by atomic mass is 79.9. The van der Waals surface area contributed by atoms with Gasteiger partial charge >= 0.3 is 6.09 Å². The quantitative estimate of drug-likeness (QED) is 0.728. The third kappa shape index (κ3) is 4.84. The van der Waals surface area contributed by atoms with Crippen LogP contribution in [0.5, 0.6) is 0 Å². The summed E-state index contributed by atoms with van der Waals surface area (Å²) in [7, 11) is 0. The number of halogens is 1. The fraction of sp³-hybridized carbons (Fsp3) is 0.474. The molecule has 3 rings (SSSR count). The summed E-state index contributed by atoms with van der Waals surface area (Å²) in [6, 6.07) is 8.13. The zero-order valence-corrected chi connectivity index (χ0v) is 17.7. The minimum Gasteiger partial charge on any atom is -0.443 e. The van der Waals surface area contributed by atoms with Gasteiger partial charge in [-0.05, 0) is 58.8 Å². The van der Waals surface area contributed by atoms with Crippen LogP contribution in [-0.4, -0.2) is 35.8 Å². The van der Waals surface area contributed by atoms with Gasteiger partial charge in [0.2, 0.25) is 0 Å². The predicted molar refractivity (Wildman–Crippen MR) is 110 cm³/mol. The number of thiazole rings is 1. The topological polar surface area (TPSA) is 54.5 Å². The molecular formula is C19H24BrN3O2S. The highest BCUT2D eigenvalue weighted by molar-refractivity contribution is 9.10. The molecule has 1 aromatic carbocycles. The summed E-state index contributed by atoms with van der Waals surface area (Å²) < 4.78 is 6.69. The zero-order chi connectivity index (χ0) is 18.7. The average molecular weight is 438 g/mol. The Bertz CT molecular complexity index is 749. The molecule has 0 saturated carbocycles. The summed E-state index contributed by atoms with van der Waals surface area (Å²) in [5, 5.41) is 6.04. The van der Waals surface area contributed by atoms with E-state index in [1.165, 1.54) is 11.3 Å². The Balaban J connectivity index is 1.88. The van der Waals surface area contributed by atoms with Crippen LogP contribution in [0, 0.1) is 0 Å². The lowest BCUT2D eigenvalue weighted by molar-refractivity contribution is 0.0559. The smallest absolute Gasteiger partial charge is 0.416 e. The summed E-state index contributed by atoms with van der Waals surface area (Å²) in [6.07, 6.45) is 1.47. The fourth-order valence-corrected chi connectivity index (χ4v) is 4.05. The number of hydrogen-bond donors (Lipinski definition) is 1. The number of benzene rings is 1. The molecule has 7 heteroatoms. The number of nitrogens with zero attached hydrogens (tertiary/aromatic N) is 2. The monoisotopic (exact) mass is 437 g/mol. The summed E-state index contributed by atoms with van der Waals surface area (Å²) in [4.78, 5) is 19.4. The SMILES string of the molecule is CC(C)(C)OC(=O)N(c1nc(-c2ccc(Br)cc2)cs1)C1CCNCC1. The van der Waals surface area contributed by atoms with Gasteiger partial charge in [0, 0.05) is 21.5 Å². The van der Waals surface area contributed by atoms with Crippen LogP contribution in [0.15, 0.2) is 34.1 Å². The number of rotatable bonds is 3.